The van der Waals surface area contributed by atoms with Crippen LogP contribution in [0.5, 0.6) is 5.75 Å². The van der Waals surface area contributed by atoms with Crippen molar-refractivity contribution in [3.63, 3.8) is 0 Å². The van der Waals surface area contributed by atoms with Crippen LogP contribution in [-0.4, -0.2) is 12.0 Å². The van der Waals surface area contributed by atoms with Crippen molar-refractivity contribution in [3.05, 3.63) is 52.4 Å². The van der Waals surface area contributed by atoms with Crippen molar-refractivity contribution in [2.45, 2.75) is 26.0 Å². The number of amides is 1. The third kappa shape index (κ3) is 4.16. The summed E-state index contributed by atoms with van der Waals surface area (Å²) in [6.07, 6.45) is 0.867. The smallest absolute Gasteiger partial charge is 0.261 e. The van der Waals surface area contributed by atoms with Crippen LogP contribution in [0, 0.1) is 0 Å². The van der Waals surface area contributed by atoms with Crippen LogP contribution in [0.15, 0.2) is 41.0 Å². The monoisotopic (exact) mass is 327 g/mol. The number of carbonyl (C=O) groups is 1. The summed E-state index contributed by atoms with van der Waals surface area (Å²) in [6, 6.07) is 8.18. The van der Waals surface area contributed by atoms with Gasteiger partial charge < -0.3 is 14.5 Å². The molecule has 1 aromatic carbocycles. The number of rotatable bonds is 5. The predicted molar refractivity (Wildman–Crippen MR) is 81.8 cm³/mol. The zero-order chi connectivity index (χ0) is 15.4. The van der Waals surface area contributed by atoms with Gasteiger partial charge in [0.25, 0.3) is 5.91 Å². The van der Waals surface area contributed by atoms with E-state index in [0.717, 1.165) is 0 Å². The maximum atomic E-state index is 12.1. The Bertz CT molecular complexity index is 613. The first-order chi connectivity index (χ1) is 9.97. The molecule has 4 nitrogen and oxygen atoms in total. The summed E-state index contributed by atoms with van der Waals surface area (Å²) < 4.78 is 10.8. The third-order valence-electron chi connectivity index (χ3n) is 2.90. The Hall–Kier alpha value is -1.65. The molecular formula is C15H15Cl2NO3. The largest absolute Gasteiger partial charge is 0.479 e. The highest BCUT2D eigenvalue weighted by Gasteiger charge is 2.19. The van der Waals surface area contributed by atoms with Gasteiger partial charge in [0.05, 0.1) is 17.3 Å². The predicted octanol–water partition coefficient (Wildman–Crippen LogP) is 4.23. The molecule has 1 aromatic heterocycles. The molecule has 0 aliphatic carbocycles. The van der Waals surface area contributed by atoms with Crippen molar-refractivity contribution in [1.82, 2.24) is 5.32 Å². The summed E-state index contributed by atoms with van der Waals surface area (Å²) in [5, 5.41) is 3.68. The topological polar surface area (TPSA) is 51.5 Å². The van der Waals surface area contributed by atoms with E-state index in [9.17, 15) is 4.79 Å². The Morgan fingerprint density at radius 3 is 2.67 bits per heavy atom. The van der Waals surface area contributed by atoms with E-state index in [-0.39, 0.29) is 11.9 Å². The zero-order valence-electron chi connectivity index (χ0n) is 11.6. The summed E-state index contributed by atoms with van der Waals surface area (Å²) >= 11 is 11.8. The van der Waals surface area contributed by atoms with Gasteiger partial charge in [-0.3, -0.25) is 4.79 Å². The van der Waals surface area contributed by atoms with Crippen LogP contribution in [0.25, 0.3) is 0 Å². The number of halogens is 2. The van der Waals surface area contributed by atoms with E-state index >= 15 is 0 Å². The molecule has 0 saturated carbocycles. The number of hydrogen-bond acceptors (Lipinski definition) is 3. The molecule has 0 spiro atoms. The number of nitrogens with one attached hydrogen (secondary N) is 1. The van der Waals surface area contributed by atoms with Crippen molar-refractivity contribution in [1.29, 1.82) is 0 Å². The van der Waals surface area contributed by atoms with Crippen LogP contribution >= 0.6 is 23.2 Å². The van der Waals surface area contributed by atoms with Gasteiger partial charge in [-0.05, 0) is 44.2 Å². The Kier molecular flexibility index (Phi) is 5.15. The van der Waals surface area contributed by atoms with Gasteiger partial charge in [-0.15, -0.1) is 0 Å². The molecule has 112 valence electrons. The molecular weight excluding hydrogens is 313 g/mol. The molecule has 0 radical (unpaired) electrons. The molecule has 21 heavy (non-hydrogen) atoms. The van der Waals surface area contributed by atoms with E-state index in [1.165, 1.54) is 0 Å². The van der Waals surface area contributed by atoms with Crippen molar-refractivity contribution in [3.8, 4) is 5.75 Å². The van der Waals surface area contributed by atoms with Crippen LogP contribution in [-0.2, 0) is 4.79 Å². The average molecular weight is 328 g/mol. The van der Waals surface area contributed by atoms with Crippen molar-refractivity contribution < 1.29 is 13.9 Å². The molecule has 0 bridgehead atoms. The zero-order valence-corrected chi connectivity index (χ0v) is 13.1. The fourth-order valence-electron chi connectivity index (χ4n) is 1.75. The second kappa shape index (κ2) is 6.87. The summed E-state index contributed by atoms with van der Waals surface area (Å²) in [6.45, 7) is 3.48. The molecule has 1 heterocycles. The molecule has 0 saturated heterocycles. The Morgan fingerprint density at radius 2 is 2.05 bits per heavy atom. The van der Waals surface area contributed by atoms with E-state index in [4.69, 9.17) is 32.4 Å². The first-order valence-electron chi connectivity index (χ1n) is 6.43. The summed E-state index contributed by atoms with van der Waals surface area (Å²) in [5.74, 6) is 0.833. The van der Waals surface area contributed by atoms with Gasteiger partial charge in [-0.2, -0.15) is 0 Å². The highest BCUT2D eigenvalue weighted by Crippen LogP contribution is 2.28. The molecule has 2 atom stereocenters. The highest BCUT2D eigenvalue weighted by atomic mass is 35.5. The van der Waals surface area contributed by atoms with E-state index in [1.807, 2.05) is 6.92 Å². The quantitative estimate of drug-likeness (QED) is 0.893. The van der Waals surface area contributed by atoms with Crippen LogP contribution in [0.4, 0.5) is 0 Å². The van der Waals surface area contributed by atoms with Crippen LogP contribution in [0.3, 0.4) is 0 Å². The van der Waals surface area contributed by atoms with Gasteiger partial charge in [0.15, 0.2) is 6.10 Å². The number of hydrogen-bond donors (Lipinski definition) is 1. The standard InChI is InChI=1S/C15H15Cl2NO3/c1-9(13-4-3-7-20-13)18-15(19)10(2)21-14-6-5-11(16)8-12(14)17/h3-10H,1-2H3,(H,18,19)/t9-,10+/m0/s1. The van der Waals surface area contributed by atoms with E-state index in [1.54, 1.807) is 43.5 Å². The Balaban J connectivity index is 1.96. The maximum Gasteiger partial charge on any atom is 0.261 e. The first kappa shape index (κ1) is 15.7. The lowest BCUT2D eigenvalue weighted by Crippen LogP contribution is -2.37. The lowest BCUT2D eigenvalue weighted by molar-refractivity contribution is -0.128. The molecule has 0 aliphatic rings. The van der Waals surface area contributed by atoms with Gasteiger partial charge in [0.1, 0.15) is 11.5 Å². The van der Waals surface area contributed by atoms with Gasteiger partial charge in [-0.1, -0.05) is 23.2 Å². The van der Waals surface area contributed by atoms with E-state index in [0.29, 0.717) is 21.6 Å². The van der Waals surface area contributed by atoms with Gasteiger partial charge >= 0.3 is 0 Å². The van der Waals surface area contributed by atoms with Crippen molar-refractivity contribution in [2.75, 3.05) is 0 Å². The highest BCUT2D eigenvalue weighted by molar-refractivity contribution is 6.35. The second-order valence-corrected chi connectivity index (χ2v) is 5.42. The molecule has 1 amide bonds. The minimum atomic E-state index is -0.693. The number of carbonyl (C=O) groups excluding carboxylic acids is 1. The van der Waals surface area contributed by atoms with Gasteiger partial charge in [-0.25, -0.2) is 0 Å². The molecule has 2 aromatic rings. The summed E-state index contributed by atoms with van der Waals surface area (Å²) in [7, 11) is 0. The van der Waals surface area contributed by atoms with Crippen LogP contribution in [0.2, 0.25) is 10.0 Å². The molecule has 0 aliphatic heterocycles. The third-order valence-corrected chi connectivity index (χ3v) is 3.43. The second-order valence-electron chi connectivity index (χ2n) is 4.58. The lowest BCUT2D eigenvalue weighted by atomic mass is 10.2. The van der Waals surface area contributed by atoms with Crippen molar-refractivity contribution >= 4 is 29.1 Å². The maximum absolute atomic E-state index is 12.1. The molecule has 2 rings (SSSR count). The van der Waals surface area contributed by atoms with Gasteiger partial charge in [0.2, 0.25) is 0 Å². The molecule has 1 N–H and O–H groups in total. The van der Waals surface area contributed by atoms with E-state index < -0.39 is 6.10 Å². The van der Waals surface area contributed by atoms with Crippen LogP contribution in [0.1, 0.15) is 25.6 Å². The van der Waals surface area contributed by atoms with Crippen molar-refractivity contribution in [2.24, 2.45) is 0 Å². The molecule has 6 heteroatoms. The Morgan fingerprint density at radius 1 is 1.29 bits per heavy atom. The summed E-state index contributed by atoms with van der Waals surface area (Å²) in [5.41, 5.74) is 0. The SMILES string of the molecule is C[C@H](NC(=O)[C@@H](C)Oc1ccc(Cl)cc1Cl)c1ccco1. The minimum Gasteiger partial charge on any atom is -0.479 e. The lowest BCUT2D eigenvalue weighted by Gasteiger charge is -2.18. The first-order valence-corrected chi connectivity index (χ1v) is 7.18. The van der Waals surface area contributed by atoms with Gasteiger partial charge in [0, 0.05) is 5.02 Å². The number of furan rings is 1. The molecule has 0 fully saturated rings. The number of benzene rings is 1. The minimum absolute atomic E-state index is 0.237. The number of ether oxygens (including phenoxy) is 1. The fraction of sp³-hybridized carbons (Fsp3) is 0.267. The van der Waals surface area contributed by atoms with E-state index in [2.05, 4.69) is 5.32 Å². The summed E-state index contributed by atoms with van der Waals surface area (Å²) in [4.78, 5) is 12.1. The fourth-order valence-corrected chi connectivity index (χ4v) is 2.21. The van der Waals surface area contributed by atoms with Crippen LogP contribution < -0.4 is 10.1 Å². The normalized spacial score (nSPS) is 13.5. The average Bonchev–Trinajstić information content (AvgIpc) is 2.95. The Labute approximate surface area is 133 Å². The molecule has 0 unspecified atom stereocenters.